The number of aryl methyl sites for hydroxylation is 1. The third-order valence-corrected chi connectivity index (χ3v) is 5.33. The Bertz CT molecular complexity index is 1200. The number of aliphatic carboxylic acids is 1. The van der Waals surface area contributed by atoms with Crippen LogP contribution in [0.3, 0.4) is 0 Å². The van der Waals surface area contributed by atoms with Crippen LogP contribution in [-0.2, 0) is 19.6 Å². The molecule has 3 rings (SSSR count). The molecule has 0 bridgehead atoms. The molecule has 0 fully saturated rings. The Kier molecular flexibility index (Phi) is 6.17. The molecule has 0 aliphatic carbocycles. The van der Waals surface area contributed by atoms with E-state index in [-0.39, 0.29) is 4.90 Å². The van der Waals surface area contributed by atoms with Crippen molar-refractivity contribution < 1.29 is 27.6 Å². The standard InChI is InChI=1S/C20H17N3O6S/c1-13-19(20(22-29-13)15-5-3-2-4-6-15)14-7-9-16(10-8-14)30(27,28)23-21-17(24)11-12-18(25)26/h2-10H,11-12H2,1H3,(H,25,26)/b23-21+. The minimum atomic E-state index is -4.20. The second kappa shape index (κ2) is 8.78. The first-order valence-corrected chi connectivity index (χ1v) is 10.3. The molecule has 0 atom stereocenters. The fourth-order valence-electron chi connectivity index (χ4n) is 2.71. The van der Waals surface area contributed by atoms with E-state index in [2.05, 4.69) is 14.8 Å². The van der Waals surface area contributed by atoms with Crippen LogP contribution in [0.15, 0.2) is 73.6 Å². The lowest BCUT2D eigenvalue weighted by atomic mass is 10.00. The van der Waals surface area contributed by atoms with Crippen LogP contribution in [0.5, 0.6) is 0 Å². The van der Waals surface area contributed by atoms with Crippen molar-refractivity contribution in [1.82, 2.24) is 5.16 Å². The molecule has 0 unspecified atom stereocenters. The number of sulfonamides is 1. The number of amides is 1. The minimum Gasteiger partial charge on any atom is -0.481 e. The van der Waals surface area contributed by atoms with Crippen LogP contribution in [0, 0.1) is 6.92 Å². The van der Waals surface area contributed by atoms with Crippen molar-refractivity contribution in [1.29, 1.82) is 0 Å². The molecule has 1 heterocycles. The molecule has 0 saturated carbocycles. The van der Waals surface area contributed by atoms with Gasteiger partial charge >= 0.3 is 5.97 Å². The maximum absolute atomic E-state index is 12.3. The highest BCUT2D eigenvalue weighted by Crippen LogP contribution is 2.34. The summed E-state index contributed by atoms with van der Waals surface area (Å²) >= 11 is 0. The number of hydrogen-bond acceptors (Lipinski definition) is 6. The Labute approximate surface area is 172 Å². The maximum atomic E-state index is 12.3. The molecule has 1 N–H and O–H groups in total. The Morgan fingerprint density at radius 3 is 2.30 bits per heavy atom. The van der Waals surface area contributed by atoms with Gasteiger partial charge in [0.05, 0.1) is 16.9 Å². The lowest BCUT2D eigenvalue weighted by molar-refractivity contribution is -0.138. The summed E-state index contributed by atoms with van der Waals surface area (Å²) in [4.78, 5) is 21.7. The largest absolute Gasteiger partial charge is 0.481 e. The van der Waals surface area contributed by atoms with Crippen LogP contribution in [0.2, 0.25) is 0 Å². The van der Waals surface area contributed by atoms with Crippen LogP contribution in [0.4, 0.5) is 0 Å². The number of benzene rings is 2. The Hall–Kier alpha value is -3.66. The number of nitrogens with zero attached hydrogens (tertiary/aromatic N) is 3. The summed E-state index contributed by atoms with van der Waals surface area (Å²) in [6.45, 7) is 1.76. The van der Waals surface area contributed by atoms with Gasteiger partial charge in [-0.3, -0.25) is 9.59 Å². The lowest BCUT2D eigenvalue weighted by Gasteiger charge is -2.04. The highest BCUT2D eigenvalue weighted by atomic mass is 32.2. The third-order valence-electron chi connectivity index (χ3n) is 4.16. The summed E-state index contributed by atoms with van der Waals surface area (Å²) in [5.41, 5.74) is 2.92. The summed E-state index contributed by atoms with van der Waals surface area (Å²) in [6, 6.07) is 15.3. The van der Waals surface area contributed by atoms with Crippen LogP contribution in [0.25, 0.3) is 22.4 Å². The van der Waals surface area contributed by atoms with E-state index in [0.29, 0.717) is 17.0 Å². The summed E-state index contributed by atoms with van der Waals surface area (Å²) < 4.78 is 33.0. The molecule has 154 valence electrons. The van der Waals surface area contributed by atoms with E-state index in [9.17, 15) is 18.0 Å². The van der Waals surface area contributed by atoms with Gasteiger partial charge in [-0.25, -0.2) is 0 Å². The lowest BCUT2D eigenvalue weighted by Crippen LogP contribution is -2.02. The Balaban J connectivity index is 1.85. The van der Waals surface area contributed by atoms with Crippen LogP contribution in [0.1, 0.15) is 18.6 Å². The van der Waals surface area contributed by atoms with Crippen molar-refractivity contribution in [3.63, 3.8) is 0 Å². The SMILES string of the molecule is Cc1onc(-c2ccccc2)c1-c1ccc(S(=O)(=O)/N=N/C(=O)CCC(=O)O)cc1. The number of hydrogen-bond donors (Lipinski definition) is 1. The van der Waals surface area contributed by atoms with Gasteiger partial charge in [-0.1, -0.05) is 57.3 Å². The van der Waals surface area contributed by atoms with Gasteiger partial charge in [0, 0.05) is 12.0 Å². The summed E-state index contributed by atoms with van der Waals surface area (Å²) in [7, 11) is -4.20. The number of carboxylic acids is 1. The van der Waals surface area contributed by atoms with Crippen molar-refractivity contribution in [2.75, 3.05) is 0 Å². The van der Waals surface area contributed by atoms with E-state index in [0.717, 1.165) is 11.1 Å². The molecule has 0 spiro atoms. The van der Waals surface area contributed by atoms with Gasteiger partial charge in [-0.15, -0.1) is 0 Å². The molecule has 0 aliphatic heterocycles. The second-order valence-electron chi connectivity index (χ2n) is 6.30. The van der Waals surface area contributed by atoms with Gasteiger partial charge in [0.2, 0.25) is 0 Å². The Morgan fingerprint density at radius 2 is 1.67 bits per heavy atom. The topological polar surface area (TPSA) is 139 Å². The zero-order chi connectivity index (χ0) is 21.7. The van der Waals surface area contributed by atoms with E-state index in [4.69, 9.17) is 9.63 Å². The highest BCUT2D eigenvalue weighted by Gasteiger charge is 2.19. The number of carbonyl (C=O) groups excluding carboxylic acids is 1. The molecule has 9 nitrogen and oxygen atoms in total. The first-order valence-electron chi connectivity index (χ1n) is 8.82. The predicted octanol–water partition coefficient (Wildman–Crippen LogP) is 3.85. The van der Waals surface area contributed by atoms with Gasteiger partial charge in [-0.05, 0) is 24.6 Å². The zero-order valence-electron chi connectivity index (χ0n) is 15.8. The Morgan fingerprint density at radius 1 is 1.00 bits per heavy atom. The predicted molar refractivity (Wildman–Crippen MR) is 106 cm³/mol. The molecule has 3 aromatic rings. The van der Waals surface area contributed by atoms with Crippen molar-refractivity contribution in [2.45, 2.75) is 24.7 Å². The fourth-order valence-corrected chi connectivity index (χ4v) is 3.48. The summed E-state index contributed by atoms with van der Waals surface area (Å²) in [6.07, 6.45) is -0.878. The second-order valence-corrected chi connectivity index (χ2v) is 7.88. The molecular weight excluding hydrogens is 410 g/mol. The van der Waals surface area contributed by atoms with Gasteiger partial charge in [0.1, 0.15) is 11.5 Å². The smallest absolute Gasteiger partial charge is 0.303 e. The molecule has 30 heavy (non-hydrogen) atoms. The molecule has 0 saturated heterocycles. The maximum Gasteiger partial charge on any atom is 0.303 e. The van der Waals surface area contributed by atoms with Crippen molar-refractivity contribution in [3.8, 4) is 22.4 Å². The number of aromatic nitrogens is 1. The van der Waals surface area contributed by atoms with Gasteiger partial charge in [0.15, 0.2) is 0 Å². The zero-order valence-corrected chi connectivity index (χ0v) is 16.7. The number of carbonyl (C=O) groups is 2. The average Bonchev–Trinajstić information content (AvgIpc) is 3.13. The van der Waals surface area contributed by atoms with Gasteiger partial charge in [-0.2, -0.15) is 8.42 Å². The molecule has 10 heteroatoms. The molecular formula is C20H17N3O6S. The van der Waals surface area contributed by atoms with Crippen LogP contribution in [-0.4, -0.2) is 30.6 Å². The molecule has 1 aromatic heterocycles. The van der Waals surface area contributed by atoms with Crippen LogP contribution < -0.4 is 0 Å². The fraction of sp³-hybridized carbons (Fsp3) is 0.150. The quantitative estimate of drug-likeness (QED) is 0.565. The monoisotopic (exact) mass is 427 g/mol. The number of carboxylic acid groups (broad SMARTS) is 1. The summed E-state index contributed by atoms with van der Waals surface area (Å²) in [5, 5.41) is 15.7. The normalized spacial score (nSPS) is 11.6. The van der Waals surface area contributed by atoms with Crippen molar-refractivity contribution >= 4 is 21.9 Å². The van der Waals surface area contributed by atoms with Gasteiger partial charge < -0.3 is 9.63 Å². The third kappa shape index (κ3) is 4.84. The molecule has 0 radical (unpaired) electrons. The average molecular weight is 427 g/mol. The van der Waals surface area contributed by atoms with Crippen molar-refractivity contribution in [2.24, 2.45) is 9.63 Å². The van der Waals surface area contributed by atoms with Crippen molar-refractivity contribution in [3.05, 3.63) is 60.4 Å². The van der Waals surface area contributed by atoms with E-state index < -0.39 is 34.7 Å². The van der Waals surface area contributed by atoms with E-state index in [1.165, 1.54) is 12.1 Å². The minimum absolute atomic E-state index is 0.156. The molecule has 2 aromatic carbocycles. The van der Waals surface area contributed by atoms with E-state index in [1.54, 1.807) is 19.1 Å². The van der Waals surface area contributed by atoms with Crippen LogP contribution >= 0.6 is 0 Å². The molecule has 1 amide bonds. The van der Waals surface area contributed by atoms with E-state index in [1.807, 2.05) is 30.3 Å². The highest BCUT2D eigenvalue weighted by molar-refractivity contribution is 7.90. The first-order chi connectivity index (χ1) is 14.3. The number of rotatable bonds is 7. The van der Waals surface area contributed by atoms with E-state index >= 15 is 0 Å². The molecule has 0 aliphatic rings. The van der Waals surface area contributed by atoms with Gasteiger partial charge in [0.25, 0.3) is 15.9 Å². The summed E-state index contributed by atoms with van der Waals surface area (Å²) in [5.74, 6) is -1.53. The first kappa shape index (κ1) is 21.1.